The molecule has 0 bridgehead atoms. The molecule has 1 amide bonds. The highest BCUT2D eigenvalue weighted by Crippen LogP contribution is 2.23. The van der Waals surface area contributed by atoms with Crippen molar-refractivity contribution in [3.63, 3.8) is 0 Å². The molecule has 0 saturated carbocycles. The summed E-state index contributed by atoms with van der Waals surface area (Å²) in [6, 6.07) is 3.58. The van der Waals surface area contributed by atoms with E-state index in [0.717, 1.165) is 6.26 Å². The Kier molecular flexibility index (Phi) is 4.61. The Hall–Kier alpha value is -2.26. The summed E-state index contributed by atoms with van der Waals surface area (Å²) in [6.45, 7) is 2.08. The molecule has 134 valence electrons. The molecule has 1 aliphatic rings. The number of nitrogens with zero attached hydrogens (tertiary/aromatic N) is 3. The maximum atomic E-state index is 14.4. The number of benzene rings is 1. The number of carbonyl (C=O) groups is 1. The Morgan fingerprint density at radius 1 is 1.40 bits per heavy atom. The Labute approximate surface area is 145 Å². The molecule has 9 heteroatoms. The number of nitrogens with one attached hydrogen (secondary N) is 1. The van der Waals surface area contributed by atoms with Gasteiger partial charge >= 0.3 is 0 Å². The van der Waals surface area contributed by atoms with Crippen molar-refractivity contribution in [2.24, 2.45) is 0 Å². The van der Waals surface area contributed by atoms with Crippen LogP contribution in [0.4, 0.5) is 10.1 Å². The van der Waals surface area contributed by atoms with Crippen LogP contribution in [0.1, 0.15) is 18.7 Å². The molecule has 1 saturated heterocycles. The van der Waals surface area contributed by atoms with Crippen molar-refractivity contribution in [2.75, 3.05) is 18.1 Å². The molecule has 25 heavy (non-hydrogen) atoms. The highest BCUT2D eigenvalue weighted by molar-refractivity contribution is 7.88. The van der Waals surface area contributed by atoms with Crippen LogP contribution in [-0.4, -0.2) is 47.0 Å². The molecule has 0 radical (unpaired) electrons. The molecule has 2 aromatic rings. The first kappa shape index (κ1) is 17.6. The minimum absolute atomic E-state index is 0.282. The molecule has 1 aliphatic heterocycles. The maximum absolute atomic E-state index is 14.4. The average molecular weight is 366 g/mol. The van der Waals surface area contributed by atoms with Crippen LogP contribution in [0.2, 0.25) is 0 Å². The van der Waals surface area contributed by atoms with E-state index in [2.05, 4.69) is 10.3 Å². The Morgan fingerprint density at radius 2 is 2.16 bits per heavy atom. The second kappa shape index (κ2) is 6.57. The number of anilines is 1. The minimum Gasteiger partial charge on any atom is -0.325 e. The zero-order chi connectivity index (χ0) is 18.2. The van der Waals surface area contributed by atoms with Gasteiger partial charge in [-0.2, -0.15) is 4.31 Å². The van der Waals surface area contributed by atoms with E-state index in [4.69, 9.17) is 0 Å². The van der Waals surface area contributed by atoms with Crippen LogP contribution < -0.4 is 5.32 Å². The zero-order valence-electron chi connectivity index (χ0n) is 13.9. The van der Waals surface area contributed by atoms with E-state index in [1.807, 2.05) is 0 Å². The number of hydrogen-bond acceptors (Lipinski definition) is 4. The monoisotopic (exact) mass is 366 g/mol. The Morgan fingerprint density at radius 3 is 2.76 bits per heavy atom. The summed E-state index contributed by atoms with van der Waals surface area (Å²) in [4.78, 5) is 16.4. The number of sulfonamides is 1. The summed E-state index contributed by atoms with van der Waals surface area (Å²) in [5.41, 5.74) is 0.607. The van der Waals surface area contributed by atoms with Gasteiger partial charge in [0.15, 0.2) is 0 Å². The van der Waals surface area contributed by atoms with E-state index in [0.29, 0.717) is 30.9 Å². The SMILES string of the molecule is Cc1nccn1-c1ccc(NC(=O)C2CCCN2S(C)(=O)=O)cc1F. The fourth-order valence-corrected chi connectivity index (χ4v) is 4.16. The fourth-order valence-electron chi connectivity index (χ4n) is 3.04. The zero-order valence-corrected chi connectivity index (χ0v) is 14.8. The largest absolute Gasteiger partial charge is 0.325 e. The maximum Gasteiger partial charge on any atom is 0.242 e. The average Bonchev–Trinajstić information content (AvgIpc) is 3.16. The fraction of sp³-hybridized carbons (Fsp3) is 0.375. The predicted molar refractivity (Wildman–Crippen MR) is 91.5 cm³/mol. The number of imidazole rings is 1. The van der Waals surface area contributed by atoms with Gasteiger partial charge in [0.25, 0.3) is 0 Å². The molecular formula is C16H19FN4O3S. The van der Waals surface area contributed by atoms with Gasteiger partial charge in [-0.25, -0.2) is 17.8 Å². The molecule has 1 atom stereocenters. The van der Waals surface area contributed by atoms with Crippen molar-refractivity contribution in [1.29, 1.82) is 0 Å². The van der Waals surface area contributed by atoms with E-state index in [9.17, 15) is 17.6 Å². The molecule has 1 unspecified atom stereocenters. The van der Waals surface area contributed by atoms with Crippen LogP contribution in [-0.2, 0) is 14.8 Å². The Bertz CT molecular complexity index is 910. The second-order valence-electron chi connectivity index (χ2n) is 6.03. The highest BCUT2D eigenvalue weighted by Gasteiger charge is 2.36. The molecular weight excluding hydrogens is 347 g/mol. The van der Waals surface area contributed by atoms with Crippen LogP contribution in [0.15, 0.2) is 30.6 Å². The predicted octanol–water partition coefficient (Wildman–Crippen LogP) is 1.68. The van der Waals surface area contributed by atoms with Crippen LogP contribution in [0.5, 0.6) is 0 Å². The third kappa shape index (κ3) is 3.57. The highest BCUT2D eigenvalue weighted by atomic mass is 32.2. The third-order valence-electron chi connectivity index (χ3n) is 4.23. The van der Waals surface area contributed by atoms with Gasteiger partial charge in [-0.05, 0) is 38.0 Å². The van der Waals surface area contributed by atoms with E-state index < -0.39 is 27.8 Å². The molecule has 0 spiro atoms. The lowest BCUT2D eigenvalue weighted by molar-refractivity contribution is -0.119. The minimum atomic E-state index is -3.45. The van der Waals surface area contributed by atoms with Gasteiger partial charge in [0.1, 0.15) is 17.7 Å². The number of aromatic nitrogens is 2. The van der Waals surface area contributed by atoms with Crippen molar-refractivity contribution in [3.05, 3.63) is 42.2 Å². The lowest BCUT2D eigenvalue weighted by Gasteiger charge is -2.21. The van der Waals surface area contributed by atoms with Crippen LogP contribution in [0.3, 0.4) is 0 Å². The van der Waals surface area contributed by atoms with Gasteiger partial charge in [-0.1, -0.05) is 0 Å². The van der Waals surface area contributed by atoms with Gasteiger partial charge in [0, 0.05) is 24.6 Å². The normalized spacial score (nSPS) is 18.4. The van der Waals surface area contributed by atoms with E-state index in [1.54, 1.807) is 36.0 Å². The van der Waals surface area contributed by atoms with Gasteiger partial charge in [0.2, 0.25) is 15.9 Å². The summed E-state index contributed by atoms with van der Waals surface area (Å²) < 4.78 is 40.6. The van der Waals surface area contributed by atoms with Crippen molar-refractivity contribution in [3.8, 4) is 5.69 Å². The summed E-state index contributed by atoms with van der Waals surface area (Å²) in [6.07, 6.45) is 5.38. The summed E-state index contributed by atoms with van der Waals surface area (Å²) in [7, 11) is -3.45. The number of halogens is 1. The summed E-state index contributed by atoms with van der Waals surface area (Å²) >= 11 is 0. The van der Waals surface area contributed by atoms with Gasteiger partial charge in [-0.3, -0.25) is 4.79 Å². The molecule has 1 fully saturated rings. The quantitative estimate of drug-likeness (QED) is 0.892. The van der Waals surface area contributed by atoms with Crippen molar-refractivity contribution in [2.45, 2.75) is 25.8 Å². The molecule has 3 rings (SSSR count). The number of amides is 1. The standard InChI is InChI=1S/C16H19FN4O3S/c1-11-18-7-9-20(11)14-6-5-12(10-13(14)17)19-16(22)15-4-3-8-21(15)25(2,23)24/h5-7,9-10,15H,3-4,8H2,1-2H3,(H,19,22). The molecule has 1 aromatic heterocycles. The van der Waals surface area contributed by atoms with E-state index in [-0.39, 0.29) is 5.69 Å². The Balaban J connectivity index is 1.79. The smallest absolute Gasteiger partial charge is 0.242 e. The molecule has 7 nitrogen and oxygen atoms in total. The van der Waals surface area contributed by atoms with E-state index >= 15 is 0 Å². The summed E-state index contributed by atoms with van der Waals surface area (Å²) in [5, 5.41) is 2.60. The molecule has 1 aromatic carbocycles. The molecule has 0 aliphatic carbocycles. The van der Waals surface area contributed by atoms with Gasteiger partial charge in [0.05, 0.1) is 11.9 Å². The second-order valence-corrected chi connectivity index (χ2v) is 7.97. The third-order valence-corrected chi connectivity index (χ3v) is 5.52. The van der Waals surface area contributed by atoms with Gasteiger partial charge in [-0.15, -0.1) is 0 Å². The molecule has 2 heterocycles. The lowest BCUT2D eigenvalue weighted by Crippen LogP contribution is -2.42. The number of aryl methyl sites for hydroxylation is 1. The van der Waals surface area contributed by atoms with Crippen molar-refractivity contribution in [1.82, 2.24) is 13.9 Å². The van der Waals surface area contributed by atoms with Gasteiger partial charge < -0.3 is 9.88 Å². The van der Waals surface area contributed by atoms with Crippen LogP contribution in [0, 0.1) is 12.7 Å². The first-order chi connectivity index (χ1) is 11.8. The number of carbonyl (C=O) groups excluding carboxylic acids is 1. The van der Waals surface area contributed by atoms with Crippen molar-refractivity contribution >= 4 is 21.6 Å². The topological polar surface area (TPSA) is 84.3 Å². The van der Waals surface area contributed by atoms with Crippen molar-refractivity contribution < 1.29 is 17.6 Å². The molecule has 1 N–H and O–H groups in total. The first-order valence-corrected chi connectivity index (χ1v) is 9.70. The lowest BCUT2D eigenvalue weighted by atomic mass is 10.2. The number of rotatable bonds is 4. The first-order valence-electron chi connectivity index (χ1n) is 7.85. The summed E-state index contributed by atoms with van der Waals surface area (Å²) in [5.74, 6) is -0.315. The van der Waals surface area contributed by atoms with E-state index in [1.165, 1.54) is 10.4 Å². The van der Waals surface area contributed by atoms with Crippen LogP contribution >= 0.6 is 0 Å². The number of hydrogen-bond donors (Lipinski definition) is 1. The van der Waals surface area contributed by atoms with Crippen LogP contribution in [0.25, 0.3) is 5.69 Å².